The van der Waals surface area contributed by atoms with Crippen molar-refractivity contribution in [1.82, 2.24) is 0 Å². The van der Waals surface area contributed by atoms with Crippen molar-refractivity contribution in [2.75, 3.05) is 0 Å². The van der Waals surface area contributed by atoms with Gasteiger partial charge in [-0.3, -0.25) is 0 Å². The van der Waals surface area contributed by atoms with Crippen LogP contribution in [0.3, 0.4) is 0 Å². The summed E-state index contributed by atoms with van der Waals surface area (Å²) < 4.78 is 12.3. The molecule has 62 valence electrons. The minimum Gasteiger partial charge on any atom is -0.207 e. The minimum atomic E-state index is -0.402. The lowest BCUT2D eigenvalue weighted by Gasteiger charge is -2.05. The molecule has 1 atom stereocenters. The maximum atomic E-state index is 12.3. The number of hydrogen-bond acceptors (Lipinski definition) is 0. The average molecular weight is 154 g/mol. The molecule has 0 aromatic carbocycles. The van der Waals surface area contributed by atoms with Gasteiger partial charge in [0.2, 0.25) is 0 Å². The van der Waals surface area contributed by atoms with E-state index >= 15 is 0 Å². The summed E-state index contributed by atoms with van der Waals surface area (Å²) in [4.78, 5) is 0. The standard InChI is InChI=1S/C10H15F/c1-5-8(2)6-7-9(3)10(4)11/h5,8H,1,3-4,6-7H2,2H3. The molecule has 0 radical (unpaired) electrons. The summed E-state index contributed by atoms with van der Waals surface area (Å²) >= 11 is 0. The summed E-state index contributed by atoms with van der Waals surface area (Å²) in [5.41, 5.74) is 0.499. The van der Waals surface area contributed by atoms with Crippen LogP contribution in [0.1, 0.15) is 19.8 Å². The Morgan fingerprint density at radius 3 is 2.45 bits per heavy atom. The van der Waals surface area contributed by atoms with Crippen molar-refractivity contribution >= 4 is 0 Å². The quantitative estimate of drug-likeness (QED) is 0.419. The Morgan fingerprint density at radius 1 is 1.55 bits per heavy atom. The van der Waals surface area contributed by atoms with Gasteiger partial charge in [-0.05, 0) is 24.3 Å². The van der Waals surface area contributed by atoms with E-state index in [1.54, 1.807) is 0 Å². The Kier molecular flexibility index (Phi) is 4.51. The molecule has 0 spiro atoms. The van der Waals surface area contributed by atoms with Crippen LogP contribution in [0.15, 0.2) is 37.2 Å². The van der Waals surface area contributed by atoms with Crippen molar-refractivity contribution in [3.8, 4) is 0 Å². The molecule has 0 aromatic rings. The van der Waals surface area contributed by atoms with E-state index in [1.165, 1.54) is 0 Å². The van der Waals surface area contributed by atoms with E-state index in [0.29, 0.717) is 17.9 Å². The van der Waals surface area contributed by atoms with Gasteiger partial charge in [0.15, 0.2) is 0 Å². The second-order valence-electron chi connectivity index (χ2n) is 2.76. The molecule has 1 heteroatoms. The third kappa shape index (κ3) is 4.54. The molecular weight excluding hydrogens is 139 g/mol. The predicted molar refractivity (Wildman–Crippen MR) is 48.0 cm³/mol. The van der Waals surface area contributed by atoms with E-state index in [2.05, 4.69) is 19.7 Å². The summed E-state index contributed by atoms with van der Waals surface area (Å²) in [5, 5.41) is 0. The van der Waals surface area contributed by atoms with Gasteiger partial charge in [0.1, 0.15) is 5.83 Å². The largest absolute Gasteiger partial charge is 0.207 e. The normalized spacial score (nSPS) is 12.2. The first-order valence-corrected chi connectivity index (χ1v) is 3.73. The zero-order valence-electron chi connectivity index (χ0n) is 7.07. The van der Waals surface area contributed by atoms with Crippen LogP contribution in [0.25, 0.3) is 0 Å². The molecule has 0 amide bonds. The van der Waals surface area contributed by atoms with Crippen LogP contribution in [0, 0.1) is 5.92 Å². The fourth-order valence-electron chi connectivity index (χ4n) is 0.655. The SMILES string of the molecule is C=CC(C)CCC(=C)C(=C)F. The van der Waals surface area contributed by atoms with Crippen LogP contribution in [-0.2, 0) is 0 Å². The van der Waals surface area contributed by atoms with Gasteiger partial charge in [0.05, 0.1) is 0 Å². The van der Waals surface area contributed by atoms with E-state index in [4.69, 9.17) is 0 Å². The topological polar surface area (TPSA) is 0 Å². The Labute approximate surface area is 68.1 Å². The highest BCUT2D eigenvalue weighted by Crippen LogP contribution is 2.16. The molecule has 0 aromatic heterocycles. The number of allylic oxidation sites excluding steroid dienone is 3. The molecule has 0 fully saturated rings. The van der Waals surface area contributed by atoms with Gasteiger partial charge in [-0.15, -0.1) is 6.58 Å². The van der Waals surface area contributed by atoms with Crippen molar-refractivity contribution < 1.29 is 4.39 Å². The van der Waals surface area contributed by atoms with Crippen molar-refractivity contribution in [2.24, 2.45) is 5.92 Å². The molecule has 0 N–H and O–H groups in total. The van der Waals surface area contributed by atoms with E-state index in [9.17, 15) is 4.39 Å². The zero-order valence-corrected chi connectivity index (χ0v) is 7.07. The van der Waals surface area contributed by atoms with Gasteiger partial charge < -0.3 is 0 Å². The molecule has 0 bridgehead atoms. The second kappa shape index (κ2) is 4.89. The first kappa shape index (κ1) is 10.2. The molecule has 0 saturated carbocycles. The van der Waals surface area contributed by atoms with E-state index in [-0.39, 0.29) is 0 Å². The van der Waals surface area contributed by atoms with Crippen LogP contribution < -0.4 is 0 Å². The summed E-state index contributed by atoms with van der Waals surface area (Å²) in [5.74, 6) is 0.0207. The summed E-state index contributed by atoms with van der Waals surface area (Å²) in [6.45, 7) is 12.4. The number of hydrogen-bond donors (Lipinski definition) is 0. The lowest BCUT2D eigenvalue weighted by Crippen LogP contribution is -1.90. The Bertz CT molecular complexity index is 168. The number of halogens is 1. The minimum absolute atomic E-state index is 0.402. The summed E-state index contributed by atoms with van der Waals surface area (Å²) in [7, 11) is 0. The highest BCUT2D eigenvalue weighted by atomic mass is 19.1. The smallest absolute Gasteiger partial charge is 0.118 e. The molecule has 1 unspecified atom stereocenters. The molecular formula is C10H15F. The highest BCUT2D eigenvalue weighted by molar-refractivity contribution is 5.18. The maximum Gasteiger partial charge on any atom is 0.118 e. The maximum absolute atomic E-state index is 12.3. The van der Waals surface area contributed by atoms with Gasteiger partial charge in [-0.2, -0.15) is 0 Å². The van der Waals surface area contributed by atoms with Crippen molar-refractivity contribution in [3.63, 3.8) is 0 Å². The molecule has 0 heterocycles. The molecule has 0 saturated heterocycles. The Balaban J connectivity index is 3.62. The van der Waals surface area contributed by atoms with Gasteiger partial charge in [-0.25, -0.2) is 4.39 Å². The van der Waals surface area contributed by atoms with Crippen LogP contribution in [0.4, 0.5) is 4.39 Å². The average Bonchev–Trinajstić information content (AvgIpc) is 1.99. The van der Waals surface area contributed by atoms with Gasteiger partial charge in [0.25, 0.3) is 0 Å². The van der Waals surface area contributed by atoms with Crippen molar-refractivity contribution in [3.05, 3.63) is 37.2 Å². The first-order chi connectivity index (χ1) is 5.07. The lowest BCUT2D eigenvalue weighted by molar-refractivity contribution is 0.604. The molecule has 11 heavy (non-hydrogen) atoms. The fraction of sp³-hybridized carbons (Fsp3) is 0.400. The molecule has 0 aliphatic heterocycles. The third-order valence-corrected chi connectivity index (χ3v) is 1.69. The Hall–Kier alpha value is -0.850. The predicted octanol–water partition coefficient (Wildman–Crippen LogP) is 3.63. The van der Waals surface area contributed by atoms with Crippen LogP contribution in [0.5, 0.6) is 0 Å². The van der Waals surface area contributed by atoms with E-state index in [1.807, 2.05) is 13.0 Å². The van der Waals surface area contributed by atoms with Crippen LogP contribution >= 0.6 is 0 Å². The molecule has 0 aliphatic rings. The number of rotatable bonds is 5. The third-order valence-electron chi connectivity index (χ3n) is 1.69. The van der Waals surface area contributed by atoms with Gasteiger partial charge in [-0.1, -0.05) is 26.2 Å². The zero-order chi connectivity index (χ0) is 8.85. The van der Waals surface area contributed by atoms with E-state index < -0.39 is 5.83 Å². The first-order valence-electron chi connectivity index (χ1n) is 3.73. The summed E-state index contributed by atoms with van der Waals surface area (Å²) in [6.07, 6.45) is 3.42. The van der Waals surface area contributed by atoms with Crippen molar-refractivity contribution in [2.45, 2.75) is 19.8 Å². The lowest BCUT2D eigenvalue weighted by atomic mass is 10.0. The second-order valence-corrected chi connectivity index (χ2v) is 2.76. The molecule has 0 aliphatic carbocycles. The van der Waals surface area contributed by atoms with Crippen LogP contribution in [0.2, 0.25) is 0 Å². The van der Waals surface area contributed by atoms with Gasteiger partial charge >= 0.3 is 0 Å². The van der Waals surface area contributed by atoms with Crippen LogP contribution in [-0.4, -0.2) is 0 Å². The summed E-state index contributed by atoms with van der Waals surface area (Å²) in [6, 6.07) is 0. The fourth-order valence-corrected chi connectivity index (χ4v) is 0.655. The van der Waals surface area contributed by atoms with Crippen molar-refractivity contribution in [1.29, 1.82) is 0 Å². The van der Waals surface area contributed by atoms with E-state index in [0.717, 1.165) is 6.42 Å². The van der Waals surface area contributed by atoms with Gasteiger partial charge in [0, 0.05) is 0 Å². The Morgan fingerprint density at radius 2 is 2.09 bits per heavy atom. The highest BCUT2D eigenvalue weighted by Gasteiger charge is 2.01. The molecule has 0 rings (SSSR count). The monoisotopic (exact) mass is 154 g/mol. The molecule has 0 nitrogen and oxygen atoms in total.